The van der Waals surface area contributed by atoms with E-state index in [-0.39, 0.29) is 11.9 Å². The molecule has 1 aliphatic rings. The van der Waals surface area contributed by atoms with Gasteiger partial charge >= 0.3 is 12.0 Å². The van der Waals surface area contributed by atoms with Gasteiger partial charge in [0.1, 0.15) is 6.04 Å². The number of hydrogen-bond donors (Lipinski definition) is 2. The third kappa shape index (κ3) is 3.87. The van der Waals surface area contributed by atoms with E-state index in [0.717, 1.165) is 38.8 Å². The highest BCUT2D eigenvalue weighted by molar-refractivity contribution is 5.82. The van der Waals surface area contributed by atoms with Gasteiger partial charge in [0.05, 0.1) is 0 Å². The SMILES string of the molecule is CCC1(CC)CCN(C(=O)N[C@H](C(=O)O)C(C)C)CC1. The van der Waals surface area contributed by atoms with Crippen LogP contribution in [0.2, 0.25) is 0 Å². The molecule has 0 saturated carbocycles. The summed E-state index contributed by atoms with van der Waals surface area (Å²) in [6.07, 6.45) is 4.30. The molecule has 0 radical (unpaired) electrons. The number of carbonyl (C=O) groups excluding carboxylic acids is 1. The second kappa shape index (κ2) is 6.95. The molecule has 1 fully saturated rings. The van der Waals surface area contributed by atoms with E-state index in [1.54, 1.807) is 18.7 Å². The number of hydrogen-bond acceptors (Lipinski definition) is 2. The standard InChI is InChI=1S/C15H28N2O3/c1-5-15(6-2)7-9-17(10-8-15)14(20)16-12(11(3)4)13(18)19/h11-12H,5-10H2,1-4H3,(H,16,20)(H,18,19)/t12-/m0/s1. The second-order valence-corrected chi connectivity index (χ2v) is 6.20. The van der Waals surface area contributed by atoms with Crippen LogP contribution in [0.5, 0.6) is 0 Å². The van der Waals surface area contributed by atoms with Gasteiger partial charge in [-0.2, -0.15) is 0 Å². The lowest BCUT2D eigenvalue weighted by atomic mass is 9.74. The number of rotatable bonds is 5. The van der Waals surface area contributed by atoms with Crippen molar-refractivity contribution in [2.45, 2.75) is 59.4 Å². The molecule has 5 heteroatoms. The molecule has 0 aliphatic carbocycles. The topological polar surface area (TPSA) is 69.6 Å². The van der Waals surface area contributed by atoms with E-state index in [1.165, 1.54) is 0 Å². The number of nitrogens with one attached hydrogen (secondary N) is 1. The largest absolute Gasteiger partial charge is 0.480 e. The molecule has 116 valence electrons. The Kier molecular flexibility index (Phi) is 5.84. The number of piperidine rings is 1. The Morgan fingerprint density at radius 3 is 2.05 bits per heavy atom. The van der Waals surface area contributed by atoms with Gasteiger partial charge in [-0.1, -0.05) is 40.5 Å². The van der Waals surface area contributed by atoms with E-state index in [0.29, 0.717) is 5.41 Å². The molecule has 1 saturated heterocycles. The summed E-state index contributed by atoms with van der Waals surface area (Å²) < 4.78 is 0. The molecule has 2 amide bonds. The van der Waals surface area contributed by atoms with Crippen molar-refractivity contribution < 1.29 is 14.7 Å². The number of likely N-dealkylation sites (tertiary alicyclic amines) is 1. The number of carboxylic acids is 1. The van der Waals surface area contributed by atoms with Gasteiger partial charge in [0, 0.05) is 13.1 Å². The molecule has 0 aromatic heterocycles. The fraction of sp³-hybridized carbons (Fsp3) is 0.867. The predicted octanol–water partition coefficient (Wildman–Crippen LogP) is 2.71. The Morgan fingerprint density at radius 2 is 1.70 bits per heavy atom. The Balaban J connectivity index is 2.56. The Labute approximate surface area is 121 Å². The highest BCUT2D eigenvalue weighted by Gasteiger charge is 2.34. The summed E-state index contributed by atoms with van der Waals surface area (Å²) in [5, 5.41) is 11.8. The van der Waals surface area contributed by atoms with Crippen LogP contribution in [0.1, 0.15) is 53.4 Å². The maximum atomic E-state index is 12.2. The zero-order valence-electron chi connectivity index (χ0n) is 13.1. The van der Waals surface area contributed by atoms with Crippen molar-refractivity contribution in [2.24, 2.45) is 11.3 Å². The van der Waals surface area contributed by atoms with Crippen LogP contribution in [0.3, 0.4) is 0 Å². The maximum absolute atomic E-state index is 12.2. The normalized spacial score (nSPS) is 19.8. The fourth-order valence-corrected chi connectivity index (χ4v) is 2.88. The molecule has 5 nitrogen and oxygen atoms in total. The van der Waals surface area contributed by atoms with Gasteiger partial charge in [0.15, 0.2) is 0 Å². The zero-order chi connectivity index (χ0) is 15.3. The lowest BCUT2D eigenvalue weighted by molar-refractivity contribution is -0.140. The minimum absolute atomic E-state index is 0.119. The summed E-state index contributed by atoms with van der Waals surface area (Å²) in [6.45, 7) is 9.45. The third-order valence-corrected chi connectivity index (χ3v) is 4.82. The molecule has 1 atom stereocenters. The quantitative estimate of drug-likeness (QED) is 0.815. The van der Waals surface area contributed by atoms with Crippen LogP contribution in [0.4, 0.5) is 4.79 Å². The van der Waals surface area contributed by atoms with Crippen LogP contribution in [0, 0.1) is 11.3 Å². The van der Waals surface area contributed by atoms with Gasteiger partial charge < -0.3 is 15.3 Å². The van der Waals surface area contributed by atoms with Crippen LogP contribution in [0.25, 0.3) is 0 Å². The van der Waals surface area contributed by atoms with E-state index in [2.05, 4.69) is 19.2 Å². The molecule has 0 bridgehead atoms. The highest BCUT2D eigenvalue weighted by Crippen LogP contribution is 2.37. The van der Waals surface area contributed by atoms with E-state index in [1.807, 2.05) is 0 Å². The first kappa shape index (κ1) is 16.8. The average Bonchev–Trinajstić information content (AvgIpc) is 2.43. The van der Waals surface area contributed by atoms with Crippen molar-refractivity contribution in [2.75, 3.05) is 13.1 Å². The minimum atomic E-state index is -0.971. The Bertz CT molecular complexity index is 341. The molecule has 1 rings (SSSR count). The summed E-state index contributed by atoms with van der Waals surface area (Å²) in [6, 6.07) is -1.06. The summed E-state index contributed by atoms with van der Waals surface area (Å²) in [5.41, 5.74) is 0.362. The fourth-order valence-electron chi connectivity index (χ4n) is 2.88. The van der Waals surface area contributed by atoms with Crippen molar-refractivity contribution in [3.8, 4) is 0 Å². The van der Waals surface area contributed by atoms with E-state index in [4.69, 9.17) is 5.11 Å². The first-order valence-corrected chi connectivity index (χ1v) is 7.63. The van der Waals surface area contributed by atoms with Crippen molar-refractivity contribution in [1.82, 2.24) is 10.2 Å². The number of carbonyl (C=O) groups is 2. The maximum Gasteiger partial charge on any atom is 0.326 e. The smallest absolute Gasteiger partial charge is 0.326 e. The molecule has 1 aliphatic heterocycles. The van der Waals surface area contributed by atoms with Crippen molar-refractivity contribution in [3.63, 3.8) is 0 Å². The molecule has 1 heterocycles. The van der Waals surface area contributed by atoms with Gasteiger partial charge in [-0.3, -0.25) is 0 Å². The molecule has 20 heavy (non-hydrogen) atoms. The van der Waals surface area contributed by atoms with Crippen LogP contribution in [0.15, 0.2) is 0 Å². The zero-order valence-corrected chi connectivity index (χ0v) is 13.1. The molecule has 0 aromatic rings. The number of urea groups is 1. The lowest BCUT2D eigenvalue weighted by Crippen LogP contribution is -2.53. The predicted molar refractivity (Wildman–Crippen MR) is 78.6 cm³/mol. The van der Waals surface area contributed by atoms with Crippen LogP contribution >= 0.6 is 0 Å². The minimum Gasteiger partial charge on any atom is -0.480 e. The molecule has 0 unspecified atom stereocenters. The molecular weight excluding hydrogens is 256 g/mol. The van der Waals surface area contributed by atoms with Crippen molar-refractivity contribution in [1.29, 1.82) is 0 Å². The van der Waals surface area contributed by atoms with E-state index < -0.39 is 12.0 Å². The van der Waals surface area contributed by atoms with Crippen molar-refractivity contribution in [3.05, 3.63) is 0 Å². The summed E-state index contributed by atoms with van der Waals surface area (Å²) in [5.74, 6) is -1.09. The van der Waals surface area contributed by atoms with Crippen LogP contribution in [-0.4, -0.2) is 41.1 Å². The van der Waals surface area contributed by atoms with Gasteiger partial charge in [0.25, 0.3) is 0 Å². The van der Waals surface area contributed by atoms with Crippen LogP contribution in [-0.2, 0) is 4.79 Å². The Hall–Kier alpha value is -1.26. The first-order chi connectivity index (χ1) is 9.35. The van der Waals surface area contributed by atoms with Crippen molar-refractivity contribution >= 4 is 12.0 Å². The molecule has 0 aromatic carbocycles. The first-order valence-electron chi connectivity index (χ1n) is 7.63. The summed E-state index contributed by atoms with van der Waals surface area (Å²) in [7, 11) is 0. The second-order valence-electron chi connectivity index (χ2n) is 6.20. The van der Waals surface area contributed by atoms with Gasteiger partial charge in [-0.05, 0) is 24.2 Å². The van der Waals surface area contributed by atoms with Gasteiger partial charge in [0.2, 0.25) is 0 Å². The monoisotopic (exact) mass is 284 g/mol. The Morgan fingerprint density at radius 1 is 1.20 bits per heavy atom. The van der Waals surface area contributed by atoms with Gasteiger partial charge in [-0.25, -0.2) is 9.59 Å². The number of amides is 2. The van der Waals surface area contributed by atoms with E-state index >= 15 is 0 Å². The van der Waals surface area contributed by atoms with Crippen LogP contribution < -0.4 is 5.32 Å². The molecular formula is C15H28N2O3. The number of carboxylic acid groups (broad SMARTS) is 1. The number of nitrogens with zero attached hydrogens (tertiary/aromatic N) is 1. The summed E-state index contributed by atoms with van der Waals surface area (Å²) in [4.78, 5) is 25.0. The van der Waals surface area contributed by atoms with Gasteiger partial charge in [-0.15, -0.1) is 0 Å². The third-order valence-electron chi connectivity index (χ3n) is 4.82. The lowest BCUT2D eigenvalue weighted by Gasteiger charge is -2.41. The molecule has 0 spiro atoms. The average molecular weight is 284 g/mol. The van der Waals surface area contributed by atoms with E-state index in [9.17, 15) is 9.59 Å². The summed E-state index contributed by atoms with van der Waals surface area (Å²) >= 11 is 0. The highest BCUT2D eigenvalue weighted by atomic mass is 16.4. The molecule has 2 N–H and O–H groups in total. The number of aliphatic carboxylic acids is 1.